The lowest BCUT2D eigenvalue weighted by molar-refractivity contribution is -0.126. The summed E-state index contributed by atoms with van der Waals surface area (Å²) in [5.74, 6) is -0.211. The van der Waals surface area contributed by atoms with E-state index in [1.165, 1.54) is 0 Å². The smallest absolute Gasteiger partial charge is 0.227 e. The van der Waals surface area contributed by atoms with Gasteiger partial charge in [0.05, 0.1) is 5.92 Å². The van der Waals surface area contributed by atoms with Gasteiger partial charge in [0.25, 0.3) is 0 Å². The Morgan fingerprint density at radius 3 is 2.46 bits per heavy atom. The van der Waals surface area contributed by atoms with Crippen LogP contribution in [-0.4, -0.2) is 38.0 Å². The number of hydrogen-bond acceptors (Lipinski definition) is 3. The first-order chi connectivity index (χ1) is 11.6. The molecule has 1 aromatic carbocycles. The number of carbonyl (C=O) groups is 2. The molecule has 5 nitrogen and oxygen atoms in total. The van der Waals surface area contributed by atoms with Gasteiger partial charge in [-0.05, 0) is 44.5 Å². The number of amides is 2. The number of rotatable bonds is 8. The van der Waals surface area contributed by atoms with E-state index in [1.54, 1.807) is 4.90 Å². The number of nitrogens with zero attached hydrogens (tertiary/aromatic N) is 2. The molecule has 1 fully saturated rings. The predicted molar refractivity (Wildman–Crippen MR) is 98.4 cm³/mol. The number of unbranched alkanes of at least 4 members (excludes halogenated alkanes) is 1. The van der Waals surface area contributed by atoms with Crippen molar-refractivity contribution in [3.63, 3.8) is 0 Å². The van der Waals surface area contributed by atoms with Gasteiger partial charge >= 0.3 is 0 Å². The number of carbonyl (C=O) groups excluding carboxylic acids is 2. The summed E-state index contributed by atoms with van der Waals surface area (Å²) in [4.78, 5) is 28.4. The van der Waals surface area contributed by atoms with Gasteiger partial charge in [0.15, 0.2) is 0 Å². The maximum atomic E-state index is 12.3. The SMILES string of the molecule is CCCCNC(=O)C1CC(=O)N(c2ccc(N(CC)CC)cc2)C1. The largest absolute Gasteiger partial charge is 0.372 e. The lowest BCUT2D eigenvalue weighted by Gasteiger charge is -2.22. The Morgan fingerprint density at radius 2 is 1.88 bits per heavy atom. The Morgan fingerprint density at radius 1 is 1.21 bits per heavy atom. The molecule has 0 saturated carbocycles. The molecule has 0 radical (unpaired) electrons. The maximum absolute atomic E-state index is 12.3. The van der Waals surface area contributed by atoms with Crippen LogP contribution in [-0.2, 0) is 9.59 Å². The van der Waals surface area contributed by atoms with Gasteiger partial charge in [-0.25, -0.2) is 0 Å². The highest BCUT2D eigenvalue weighted by Gasteiger charge is 2.34. The highest BCUT2D eigenvalue weighted by atomic mass is 16.2. The Labute approximate surface area is 145 Å². The van der Waals surface area contributed by atoms with Crippen LogP contribution in [0.1, 0.15) is 40.0 Å². The van der Waals surface area contributed by atoms with Crippen molar-refractivity contribution < 1.29 is 9.59 Å². The molecule has 0 aromatic heterocycles. The predicted octanol–water partition coefficient (Wildman–Crippen LogP) is 2.80. The minimum atomic E-state index is -0.239. The molecule has 1 aliphatic rings. The van der Waals surface area contributed by atoms with Gasteiger partial charge in [-0.1, -0.05) is 13.3 Å². The fraction of sp³-hybridized carbons (Fsp3) is 0.579. The van der Waals surface area contributed by atoms with E-state index < -0.39 is 0 Å². The van der Waals surface area contributed by atoms with Crippen molar-refractivity contribution in [1.29, 1.82) is 0 Å². The first-order valence-corrected chi connectivity index (χ1v) is 9.03. The monoisotopic (exact) mass is 331 g/mol. The second kappa shape index (κ2) is 8.71. The summed E-state index contributed by atoms with van der Waals surface area (Å²) < 4.78 is 0. The molecule has 5 heteroatoms. The molecule has 2 amide bonds. The first kappa shape index (κ1) is 18.3. The zero-order valence-corrected chi connectivity index (χ0v) is 15.0. The zero-order valence-electron chi connectivity index (χ0n) is 15.0. The van der Waals surface area contributed by atoms with Crippen molar-refractivity contribution in [1.82, 2.24) is 5.32 Å². The van der Waals surface area contributed by atoms with Gasteiger partial charge in [-0.3, -0.25) is 9.59 Å². The lowest BCUT2D eigenvalue weighted by atomic mass is 10.1. The van der Waals surface area contributed by atoms with Crippen LogP contribution in [0.3, 0.4) is 0 Å². The average Bonchev–Trinajstić information content (AvgIpc) is 2.99. The maximum Gasteiger partial charge on any atom is 0.227 e. The number of anilines is 2. The van der Waals surface area contributed by atoms with Crippen molar-refractivity contribution in [3.8, 4) is 0 Å². The van der Waals surface area contributed by atoms with Crippen LogP contribution in [0.15, 0.2) is 24.3 Å². The van der Waals surface area contributed by atoms with Gasteiger partial charge in [-0.2, -0.15) is 0 Å². The molecular weight excluding hydrogens is 302 g/mol. The summed E-state index contributed by atoms with van der Waals surface area (Å²) in [6.07, 6.45) is 2.33. The molecule has 1 heterocycles. The molecule has 1 atom stereocenters. The Balaban J connectivity index is 1.99. The van der Waals surface area contributed by atoms with Crippen LogP contribution in [0.25, 0.3) is 0 Å². The number of hydrogen-bond donors (Lipinski definition) is 1. The molecule has 1 unspecified atom stereocenters. The van der Waals surface area contributed by atoms with Gasteiger partial charge in [0.2, 0.25) is 11.8 Å². The summed E-state index contributed by atoms with van der Waals surface area (Å²) in [5.41, 5.74) is 2.03. The molecule has 0 bridgehead atoms. The third-order valence-electron chi connectivity index (χ3n) is 4.62. The van der Waals surface area contributed by atoms with Crippen molar-refractivity contribution in [3.05, 3.63) is 24.3 Å². The van der Waals surface area contributed by atoms with Gasteiger partial charge in [0.1, 0.15) is 0 Å². The van der Waals surface area contributed by atoms with Gasteiger partial charge in [-0.15, -0.1) is 0 Å². The molecule has 2 rings (SSSR count). The quantitative estimate of drug-likeness (QED) is 0.745. The Bertz CT molecular complexity index is 552. The van der Waals surface area contributed by atoms with Crippen LogP contribution >= 0.6 is 0 Å². The summed E-state index contributed by atoms with van der Waals surface area (Å²) in [6, 6.07) is 8.04. The normalized spacial score (nSPS) is 17.2. The molecule has 24 heavy (non-hydrogen) atoms. The number of benzene rings is 1. The third kappa shape index (κ3) is 4.28. The first-order valence-electron chi connectivity index (χ1n) is 9.03. The Kier molecular flexibility index (Phi) is 6.64. The molecule has 0 aliphatic carbocycles. The second-order valence-electron chi connectivity index (χ2n) is 6.24. The zero-order chi connectivity index (χ0) is 17.5. The van der Waals surface area contributed by atoms with E-state index >= 15 is 0 Å². The fourth-order valence-electron chi connectivity index (χ4n) is 3.10. The van der Waals surface area contributed by atoms with Crippen LogP contribution < -0.4 is 15.1 Å². The lowest BCUT2D eigenvalue weighted by Crippen LogP contribution is -2.33. The molecule has 132 valence electrons. The summed E-state index contributed by atoms with van der Waals surface area (Å²) in [6.45, 7) is 9.43. The molecule has 1 saturated heterocycles. The van der Waals surface area contributed by atoms with Crippen molar-refractivity contribution >= 4 is 23.2 Å². The highest BCUT2D eigenvalue weighted by molar-refractivity contribution is 6.00. The van der Waals surface area contributed by atoms with Crippen molar-refractivity contribution in [2.45, 2.75) is 40.0 Å². The van der Waals surface area contributed by atoms with E-state index in [9.17, 15) is 9.59 Å². The highest BCUT2D eigenvalue weighted by Crippen LogP contribution is 2.27. The molecule has 1 N–H and O–H groups in total. The van der Waals surface area contributed by atoms with E-state index in [2.05, 4.69) is 31.0 Å². The molecule has 1 aromatic rings. The van der Waals surface area contributed by atoms with E-state index in [4.69, 9.17) is 0 Å². The summed E-state index contributed by atoms with van der Waals surface area (Å²) in [7, 11) is 0. The second-order valence-corrected chi connectivity index (χ2v) is 6.24. The minimum Gasteiger partial charge on any atom is -0.372 e. The van der Waals surface area contributed by atoms with E-state index in [0.29, 0.717) is 19.5 Å². The van der Waals surface area contributed by atoms with Crippen LogP contribution in [0.2, 0.25) is 0 Å². The standard InChI is InChI=1S/C19H29N3O2/c1-4-7-12-20-19(24)15-13-18(23)22(14-15)17-10-8-16(9-11-17)21(5-2)6-3/h8-11,15H,4-7,12-14H2,1-3H3,(H,20,24). The van der Waals surface area contributed by atoms with Crippen molar-refractivity contribution in [2.24, 2.45) is 5.92 Å². The third-order valence-corrected chi connectivity index (χ3v) is 4.62. The van der Waals surface area contributed by atoms with E-state index in [0.717, 1.165) is 37.3 Å². The van der Waals surface area contributed by atoms with Crippen molar-refractivity contribution in [2.75, 3.05) is 36.0 Å². The topological polar surface area (TPSA) is 52.7 Å². The molecule has 1 aliphatic heterocycles. The molecular formula is C19H29N3O2. The Hall–Kier alpha value is -2.04. The number of nitrogens with one attached hydrogen (secondary N) is 1. The van der Waals surface area contributed by atoms with E-state index in [1.807, 2.05) is 24.3 Å². The summed E-state index contributed by atoms with van der Waals surface area (Å²) >= 11 is 0. The van der Waals surface area contributed by atoms with E-state index in [-0.39, 0.29) is 17.7 Å². The molecule has 0 spiro atoms. The van der Waals surface area contributed by atoms with Crippen LogP contribution in [0.5, 0.6) is 0 Å². The fourth-order valence-corrected chi connectivity index (χ4v) is 3.10. The summed E-state index contributed by atoms with van der Waals surface area (Å²) in [5, 5.41) is 2.93. The average molecular weight is 331 g/mol. The van der Waals surface area contributed by atoms with Crippen LogP contribution in [0.4, 0.5) is 11.4 Å². The van der Waals surface area contributed by atoms with Gasteiger partial charge < -0.3 is 15.1 Å². The van der Waals surface area contributed by atoms with Gasteiger partial charge in [0, 0.05) is 44.0 Å². The minimum absolute atomic E-state index is 0.000869. The van der Waals surface area contributed by atoms with Crippen LogP contribution in [0, 0.1) is 5.92 Å².